The number of amides is 1. The Hall–Kier alpha value is -2.34. The largest absolute Gasteiger partial charge is 0.338 e. The maximum Gasteiger partial charge on any atom is 0.328 e. The quantitative estimate of drug-likeness (QED) is 0.818. The molecule has 1 N–H and O–H groups in total. The summed E-state index contributed by atoms with van der Waals surface area (Å²) < 4.78 is 0.968. The fourth-order valence-electron chi connectivity index (χ4n) is 2.51. The Bertz CT molecular complexity index is 857. The molecule has 6 nitrogen and oxygen atoms in total. The van der Waals surface area contributed by atoms with Crippen molar-refractivity contribution in [1.82, 2.24) is 14.5 Å². The van der Waals surface area contributed by atoms with Crippen molar-refractivity contribution in [1.29, 1.82) is 0 Å². The fourth-order valence-corrected chi connectivity index (χ4v) is 2.73. The van der Waals surface area contributed by atoms with Crippen molar-refractivity contribution < 1.29 is 4.79 Å². The molecule has 0 fully saturated rings. The molecule has 134 valence electrons. The van der Waals surface area contributed by atoms with E-state index in [4.69, 9.17) is 11.6 Å². The Morgan fingerprint density at radius 1 is 1.32 bits per heavy atom. The molecule has 1 heterocycles. The van der Waals surface area contributed by atoms with Crippen LogP contribution in [0.1, 0.15) is 30.9 Å². The number of carbonyl (C=O) groups is 1. The van der Waals surface area contributed by atoms with Crippen molar-refractivity contribution in [2.45, 2.75) is 32.7 Å². The number of aromatic amines is 1. The number of unbranched alkanes of at least 4 members (excludes halogenated alkanes) is 1. The van der Waals surface area contributed by atoms with Gasteiger partial charge in [0.1, 0.15) is 0 Å². The molecule has 0 atom stereocenters. The number of nitrogens with one attached hydrogen (secondary N) is 1. The molecule has 1 aromatic carbocycles. The second-order valence-corrected chi connectivity index (χ2v) is 6.40. The minimum absolute atomic E-state index is 0.0479. The van der Waals surface area contributed by atoms with Crippen molar-refractivity contribution in [3.63, 3.8) is 0 Å². The van der Waals surface area contributed by atoms with E-state index in [0.29, 0.717) is 18.1 Å². The monoisotopic (exact) mass is 363 g/mol. The van der Waals surface area contributed by atoms with Gasteiger partial charge in [-0.2, -0.15) is 0 Å². The number of hydrogen-bond donors (Lipinski definition) is 1. The van der Waals surface area contributed by atoms with Gasteiger partial charge in [-0.25, -0.2) is 4.79 Å². The zero-order valence-corrected chi connectivity index (χ0v) is 15.2. The number of benzene rings is 1. The van der Waals surface area contributed by atoms with Crippen LogP contribution in [0.15, 0.2) is 40.1 Å². The van der Waals surface area contributed by atoms with Crippen LogP contribution < -0.4 is 11.2 Å². The molecule has 0 bridgehead atoms. The number of aromatic nitrogens is 2. The number of halogens is 1. The zero-order chi connectivity index (χ0) is 18.4. The number of nitrogens with zero attached hydrogens (tertiary/aromatic N) is 2. The number of carbonyl (C=O) groups excluding carboxylic acids is 1. The molecule has 0 unspecified atom stereocenters. The van der Waals surface area contributed by atoms with Crippen molar-refractivity contribution in [2.24, 2.45) is 7.05 Å². The van der Waals surface area contributed by atoms with E-state index in [9.17, 15) is 14.4 Å². The third-order valence-corrected chi connectivity index (χ3v) is 4.23. The van der Waals surface area contributed by atoms with Crippen molar-refractivity contribution >= 4 is 17.5 Å². The molecule has 0 aliphatic heterocycles. The Morgan fingerprint density at radius 2 is 2.08 bits per heavy atom. The molecular formula is C18H22ClN3O3. The molecule has 2 aromatic rings. The van der Waals surface area contributed by atoms with Crippen LogP contribution in [0.25, 0.3) is 0 Å². The molecule has 1 aromatic heterocycles. The first kappa shape index (κ1) is 19.0. The van der Waals surface area contributed by atoms with Crippen molar-refractivity contribution in [3.8, 4) is 0 Å². The Balaban J connectivity index is 2.19. The van der Waals surface area contributed by atoms with Crippen LogP contribution in [0.2, 0.25) is 5.02 Å². The van der Waals surface area contributed by atoms with Crippen LogP contribution in [-0.4, -0.2) is 26.9 Å². The van der Waals surface area contributed by atoms with Crippen LogP contribution in [0, 0.1) is 0 Å². The molecule has 0 aliphatic carbocycles. The highest BCUT2D eigenvalue weighted by molar-refractivity contribution is 6.30. The van der Waals surface area contributed by atoms with Gasteiger partial charge in [0, 0.05) is 36.9 Å². The molecule has 0 saturated carbocycles. The molecule has 25 heavy (non-hydrogen) atoms. The van der Waals surface area contributed by atoms with Crippen LogP contribution >= 0.6 is 11.6 Å². The normalized spacial score (nSPS) is 10.7. The summed E-state index contributed by atoms with van der Waals surface area (Å²) in [7, 11) is 1.38. The lowest BCUT2D eigenvalue weighted by Gasteiger charge is -2.23. The summed E-state index contributed by atoms with van der Waals surface area (Å²) in [6.07, 6.45) is 3.10. The standard InChI is InChI=1S/C18H22ClN3O3/c1-3-4-8-22(12-13-6-5-7-15(19)9-13)16(23)10-14-11-20-18(25)21(2)17(14)24/h5-7,9,11H,3-4,8,10,12H2,1-2H3,(H,20,25). The second kappa shape index (κ2) is 8.67. The summed E-state index contributed by atoms with van der Waals surface area (Å²) in [5, 5.41) is 0.620. The molecular weight excluding hydrogens is 342 g/mol. The molecule has 7 heteroatoms. The fraction of sp³-hybridized carbons (Fsp3) is 0.389. The van der Waals surface area contributed by atoms with Gasteiger partial charge in [0.2, 0.25) is 5.91 Å². The van der Waals surface area contributed by atoms with Gasteiger partial charge >= 0.3 is 5.69 Å². The van der Waals surface area contributed by atoms with Gasteiger partial charge in [-0.05, 0) is 24.1 Å². The molecule has 2 rings (SSSR count). The predicted octanol–water partition coefficient (Wildman–Crippen LogP) is 2.10. The number of rotatable bonds is 7. The number of H-pyrrole nitrogens is 1. The van der Waals surface area contributed by atoms with Crippen LogP contribution in [0.3, 0.4) is 0 Å². The van der Waals surface area contributed by atoms with Gasteiger partial charge in [0.15, 0.2) is 0 Å². The van der Waals surface area contributed by atoms with E-state index in [2.05, 4.69) is 11.9 Å². The molecule has 0 spiro atoms. The van der Waals surface area contributed by atoms with Crippen LogP contribution in [0.4, 0.5) is 0 Å². The lowest BCUT2D eigenvalue weighted by Crippen LogP contribution is -2.38. The average molecular weight is 364 g/mol. The topological polar surface area (TPSA) is 75.2 Å². The molecule has 0 radical (unpaired) electrons. The third kappa shape index (κ3) is 5.06. The van der Waals surface area contributed by atoms with E-state index < -0.39 is 11.2 Å². The minimum Gasteiger partial charge on any atom is -0.338 e. The number of hydrogen-bond acceptors (Lipinski definition) is 3. The Morgan fingerprint density at radius 3 is 2.76 bits per heavy atom. The predicted molar refractivity (Wildman–Crippen MR) is 97.8 cm³/mol. The molecule has 1 amide bonds. The van der Waals surface area contributed by atoms with Gasteiger partial charge in [-0.1, -0.05) is 37.1 Å². The lowest BCUT2D eigenvalue weighted by atomic mass is 10.1. The zero-order valence-electron chi connectivity index (χ0n) is 14.4. The summed E-state index contributed by atoms with van der Waals surface area (Å²) in [4.78, 5) is 40.4. The summed E-state index contributed by atoms with van der Waals surface area (Å²) >= 11 is 6.01. The first-order valence-electron chi connectivity index (χ1n) is 8.22. The first-order valence-corrected chi connectivity index (χ1v) is 8.60. The maximum absolute atomic E-state index is 12.7. The smallest absolute Gasteiger partial charge is 0.328 e. The van der Waals surface area contributed by atoms with E-state index in [1.165, 1.54) is 13.2 Å². The maximum atomic E-state index is 12.7. The Labute approximate surface area is 151 Å². The molecule has 0 saturated heterocycles. The van der Waals surface area contributed by atoms with Gasteiger partial charge in [0.05, 0.1) is 6.42 Å². The van der Waals surface area contributed by atoms with Gasteiger partial charge in [-0.3, -0.25) is 14.2 Å². The highest BCUT2D eigenvalue weighted by Crippen LogP contribution is 2.14. The minimum atomic E-state index is -0.497. The van der Waals surface area contributed by atoms with E-state index in [0.717, 1.165) is 23.0 Å². The third-order valence-electron chi connectivity index (χ3n) is 3.99. The Kier molecular flexibility index (Phi) is 6.58. The van der Waals surface area contributed by atoms with Crippen LogP contribution in [-0.2, 0) is 24.8 Å². The van der Waals surface area contributed by atoms with Gasteiger partial charge in [0.25, 0.3) is 5.56 Å². The van der Waals surface area contributed by atoms with E-state index in [-0.39, 0.29) is 17.9 Å². The average Bonchev–Trinajstić information content (AvgIpc) is 2.59. The molecule has 0 aliphatic rings. The van der Waals surface area contributed by atoms with Gasteiger partial charge in [-0.15, -0.1) is 0 Å². The highest BCUT2D eigenvalue weighted by atomic mass is 35.5. The van der Waals surface area contributed by atoms with E-state index >= 15 is 0 Å². The van der Waals surface area contributed by atoms with E-state index in [1.54, 1.807) is 11.0 Å². The summed E-state index contributed by atoms with van der Waals surface area (Å²) in [6, 6.07) is 7.37. The van der Waals surface area contributed by atoms with E-state index in [1.807, 2.05) is 18.2 Å². The second-order valence-electron chi connectivity index (χ2n) is 5.96. The first-order chi connectivity index (χ1) is 11.9. The van der Waals surface area contributed by atoms with Crippen molar-refractivity contribution in [2.75, 3.05) is 6.54 Å². The summed E-state index contributed by atoms with van der Waals surface area (Å²) in [5.74, 6) is -0.155. The van der Waals surface area contributed by atoms with Crippen molar-refractivity contribution in [3.05, 3.63) is 67.4 Å². The highest BCUT2D eigenvalue weighted by Gasteiger charge is 2.17. The summed E-state index contributed by atoms with van der Waals surface area (Å²) in [5.41, 5.74) is 0.268. The van der Waals surface area contributed by atoms with Crippen LogP contribution in [0.5, 0.6) is 0 Å². The summed E-state index contributed by atoms with van der Waals surface area (Å²) in [6.45, 7) is 3.09. The lowest BCUT2D eigenvalue weighted by molar-refractivity contribution is -0.131. The van der Waals surface area contributed by atoms with Gasteiger partial charge < -0.3 is 9.88 Å². The SMILES string of the molecule is CCCCN(Cc1cccc(Cl)c1)C(=O)Cc1c[nH]c(=O)n(C)c1=O.